The van der Waals surface area contributed by atoms with Crippen molar-refractivity contribution >= 4 is 29.9 Å². The van der Waals surface area contributed by atoms with Gasteiger partial charge in [-0.25, -0.2) is 4.98 Å². The van der Waals surface area contributed by atoms with Crippen LogP contribution >= 0.6 is 24.0 Å². The Hall–Kier alpha value is -1.09. The van der Waals surface area contributed by atoms with Gasteiger partial charge >= 0.3 is 0 Å². The number of aliphatic imine (C=N–C) groups is 1. The van der Waals surface area contributed by atoms with Crippen LogP contribution in [-0.2, 0) is 0 Å². The maximum Gasteiger partial charge on any atom is 0.213 e. The molecular formula is C14H23IN4O2. The number of guanidine groups is 1. The molecule has 1 aromatic rings. The number of pyridine rings is 1. The molecule has 1 aromatic heterocycles. The Kier molecular flexibility index (Phi) is 8.36. The summed E-state index contributed by atoms with van der Waals surface area (Å²) in [7, 11) is 0. The highest BCUT2D eigenvalue weighted by atomic mass is 127. The number of nitrogens with one attached hydrogen (secondary N) is 1. The lowest BCUT2D eigenvalue weighted by Crippen LogP contribution is -2.41. The minimum atomic E-state index is 0. The zero-order valence-corrected chi connectivity index (χ0v) is 14.6. The Labute approximate surface area is 142 Å². The summed E-state index contributed by atoms with van der Waals surface area (Å²) in [4.78, 5) is 10.7. The number of aliphatic hydroxyl groups is 1. The lowest BCUT2D eigenvalue weighted by Gasteiger charge is -2.21. The second-order valence-corrected chi connectivity index (χ2v) is 4.60. The van der Waals surface area contributed by atoms with Gasteiger partial charge in [0.05, 0.1) is 19.7 Å². The highest BCUT2D eigenvalue weighted by Gasteiger charge is 2.26. The molecule has 1 saturated heterocycles. The molecule has 2 heterocycles. The number of rotatable bonds is 5. The summed E-state index contributed by atoms with van der Waals surface area (Å²) in [6, 6.07) is 5.66. The number of likely N-dealkylation sites (tertiary alicyclic amines) is 1. The van der Waals surface area contributed by atoms with Crippen molar-refractivity contribution in [2.75, 3.05) is 32.8 Å². The van der Waals surface area contributed by atoms with Crippen LogP contribution in [0.15, 0.2) is 29.4 Å². The van der Waals surface area contributed by atoms with Crippen LogP contribution in [-0.4, -0.2) is 59.8 Å². The molecule has 1 atom stereocenters. The van der Waals surface area contributed by atoms with Crippen LogP contribution in [0, 0.1) is 0 Å². The Morgan fingerprint density at radius 3 is 3.10 bits per heavy atom. The Morgan fingerprint density at radius 1 is 1.57 bits per heavy atom. The van der Waals surface area contributed by atoms with Crippen LogP contribution in [0.3, 0.4) is 0 Å². The molecular weight excluding hydrogens is 383 g/mol. The fourth-order valence-electron chi connectivity index (χ4n) is 2.19. The summed E-state index contributed by atoms with van der Waals surface area (Å²) in [6.45, 7) is 5.02. The largest absolute Gasteiger partial charge is 0.472 e. The van der Waals surface area contributed by atoms with E-state index in [9.17, 15) is 0 Å². The predicted octanol–water partition coefficient (Wildman–Crippen LogP) is 1.11. The molecule has 7 heteroatoms. The number of nitrogens with zero attached hydrogens (tertiary/aromatic N) is 3. The van der Waals surface area contributed by atoms with E-state index in [0.717, 1.165) is 32.0 Å². The molecule has 2 rings (SSSR count). The molecule has 118 valence electrons. The number of hydrogen-bond acceptors (Lipinski definition) is 4. The zero-order chi connectivity index (χ0) is 14.2. The summed E-state index contributed by atoms with van der Waals surface area (Å²) < 4.78 is 5.85. The molecule has 0 bridgehead atoms. The molecule has 0 spiro atoms. The van der Waals surface area contributed by atoms with Gasteiger partial charge < -0.3 is 20.1 Å². The van der Waals surface area contributed by atoms with Gasteiger partial charge in [-0.1, -0.05) is 6.07 Å². The Morgan fingerprint density at radius 2 is 2.43 bits per heavy atom. The fraction of sp³-hybridized carbons (Fsp3) is 0.571. The summed E-state index contributed by atoms with van der Waals surface area (Å²) in [5.41, 5.74) is 0. The molecule has 1 aliphatic heterocycles. The first kappa shape index (κ1) is 18.0. The summed E-state index contributed by atoms with van der Waals surface area (Å²) >= 11 is 0. The van der Waals surface area contributed by atoms with Crippen LogP contribution in [0.4, 0.5) is 0 Å². The highest BCUT2D eigenvalue weighted by Crippen LogP contribution is 2.16. The van der Waals surface area contributed by atoms with Gasteiger partial charge in [0.15, 0.2) is 5.96 Å². The van der Waals surface area contributed by atoms with E-state index in [-0.39, 0.29) is 36.7 Å². The number of aromatic nitrogens is 1. The number of hydrogen-bond donors (Lipinski definition) is 2. The smallest absolute Gasteiger partial charge is 0.213 e. The molecule has 0 aliphatic carbocycles. The van der Waals surface area contributed by atoms with Gasteiger partial charge in [-0.05, 0) is 13.0 Å². The van der Waals surface area contributed by atoms with E-state index in [1.54, 1.807) is 6.20 Å². The third-order valence-corrected chi connectivity index (χ3v) is 3.07. The zero-order valence-electron chi connectivity index (χ0n) is 12.2. The minimum absolute atomic E-state index is 0. The van der Waals surface area contributed by atoms with Crippen molar-refractivity contribution < 1.29 is 9.84 Å². The van der Waals surface area contributed by atoms with E-state index in [2.05, 4.69) is 20.2 Å². The highest BCUT2D eigenvalue weighted by molar-refractivity contribution is 14.0. The SMILES string of the molecule is CCNC(=NCCO)N1CCC(Oc2ccccn2)C1.I. The van der Waals surface area contributed by atoms with Crippen molar-refractivity contribution in [2.24, 2.45) is 4.99 Å². The molecule has 1 unspecified atom stereocenters. The van der Waals surface area contributed by atoms with E-state index < -0.39 is 0 Å². The first-order chi connectivity index (χ1) is 9.83. The monoisotopic (exact) mass is 406 g/mol. The topological polar surface area (TPSA) is 70.0 Å². The fourth-order valence-corrected chi connectivity index (χ4v) is 2.19. The molecule has 2 N–H and O–H groups in total. The first-order valence-corrected chi connectivity index (χ1v) is 7.05. The normalized spacial score (nSPS) is 18.3. The molecule has 0 amide bonds. The van der Waals surface area contributed by atoms with E-state index in [0.29, 0.717) is 12.4 Å². The maximum absolute atomic E-state index is 8.89. The Balaban J connectivity index is 0.00000220. The van der Waals surface area contributed by atoms with Crippen molar-refractivity contribution in [1.82, 2.24) is 15.2 Å². The van der Waals surface area contributed by atoms with Crippen molar-refractivity contribution in [2.45, 2.75) is 19.4 Å². The Bertz CT molecular complexity index is 430. The molecule has 1 aliphatic rings. The predicted molar refractivity (Wildman–Crippen MR) is 93.3 cm³/mol. The molecule has 1 fully saturated rings. The standard InChI is InChI=1S/C14H22N4O2.HI/c1-2-15-14(17-8-10-19)18-9-6-12(11-18)20-13-5-3-4-7-16-13;/h3-5,7,12,19H,2,6,8-11H2,1H3,(H,15,17);1H. The molecule has 0 saturated carbocycles. The van der Waals surface area contributed by atoms with Gasteiger partial charge in [0, 0.05) is 31.8 Å². The molecule has 21 heavy (non-hydrogen) atoms. The summed E-state index contributed by atoms with van der Waals surface area (Å²) in [5, 5.41) is 12.1. The third kappa shape index (κ3) is 5.66. The van der Waals surface area contributed by atoms with Crippen LogP contribution in [0.25, 0.3) is 0 Å². The van der Waals surface area contributed by atoms with E-state index in [1.165, 1.54) is 0 Å². The van der Waals surface area contributed by atoms with Gasteiger partial charge in [0.1, 0.15) is 6.10 Å². The van der Waals surface area contributed by atoms with E-state index in [1.807, 2.05) is 25.1 Å². The van der Waals surface area contributed by atoms with Crippen LogP contribution < -0.4 is 10.1 Å². The molecule has 6 nitrogen and oxygen atoms in total. The molecule has 0 aromatic carbocycles. The van der Waals surface area contributed by atoms with E-state index >= 15 is 0 Å². The van der Waals surface area contributed by atoms with Crippen molar-refractivity contribution in [3.63, 3.8) is 0 Å². The quantitative estimate of drug-likeness (QED) is 0.436. The summed E-state index contributed by atoms with van der Waals surface area (Å²) in [6.07, 6.45) is 2.80. The van der Waals surface area contributed by atoms with E-state index in [4.69, 9.17) is 9.84 Å². The van der Waals surface area contributed by atoms with Gasteiger partial charge in [0.2, 0.25) is 5.88 Å². The first-order valence-electron chi connectivity index (χ1n) is 7.05. The van der Waals surface area contributed by atoms with Gasteiger partial charge in [-0.3, -0.25) is 4.99 Å². The van der Waals surface area contributed by atoms with Crippen LogP contribution in [0.1, 0.15) is 13.3 Å². The van der Waals surface area contributed by atoms with Crippen LogP contribution in [0.5, 0.6) is 5.88 Å². The number of ether oxygens (including phenoxy) is 1. The van der Waals surface area contributed by atoms with Gasteiger partial charge in [-0.2, -0.15) is 0 Å². The second kappa shape index (κ2) is 9.78. The average molecular weight is 406 g/mol. The summed E-state index contributed by atoms with van der Waals surface area (Å²) in [5.74, 6) is 1.50. The van der Waals surface area contributed by atoms with Crippen molar-refractivity contribution in [3.8, 4) is 5.88 Å². The van der Waals surface area contributed by atoms with Crippen molar-refractivity contribution in [1.29, 1.82) is 0 Å². The second-order valence-electron chi connectivity index (χ2n) is 4.60. The van der Waals surface area contributed by atoms with Crippen LogP contribution in [0.2, 0.25) is 0 Å². The van der Waals surface area contributed by atoms with Crippen molar-refractivity contribution in [3.05, 3.63) is 24.4 Å². The maximum atomic E-state index is 8.89. The third-order valence-electron chi connectivity index (χ3n) is 3.07. The molecule has 0 radical (unpaired) electrons. The number of aliphatic hydroxyl groups excluding tert-OH is 1. The number of halogens is 1. The minimum Gasteiger partial charge on any atom is -0.472 e. The van der Waals surface area contributed by atoms with Gasteiger partial charge in [-0.15, -0.1) is 24.0 Å². The average Bonchev–Trinajstić information content (AvgIpc) is 2.93. The lowest BCUT2D eigenvalue weighted by atomic mass is 10.3. The lowest BCUT2D eigenvalue weighted by molar-refractivity contribution is 0.205. The van der Waals surface area contributed by atoms with Gasteiger partial charge in [0.25, 0.3) is 0 Å².